The lowest BCUT2D eigenvalue weighted by atomic mass is 9.93. The van der Waals surface area contributed by atoms with E-state index in [2.05, 4.69) is 16.0 Å². The van der Waals surface area contributed by atoms with Gasteiger partial charge in [-0.2, -0.15) is 0 Å². The molecule has 2 atom stereocenters. The maximum Gasteiger partial charge on any atom is 0.251 e. The minimum atomic E-state index is -3.42. The highest BCUT2D eigenvalue weighted by molar-refractivity contribution is 7.93. The third-order valence-corrected chi connectivity index (χ3v) is 9.44. The standard InChI is InChI=1S/C32H42N4O5S/c1-5-33-26-18-24(19-27(21-26)36-15-10-16-42(36,39)40)31(38)35-29(17-23-11-7-6-8-12-23)30(37)22-34-32(2,3)25-13-9-14-28(20-25)41-4/h6-9,11-14,18-21,29-30,33-34,37H,5,10,15-17,22H2,1-4H3,(H,35,38)/t29-,30+/m0/s1. The molecule has 9 nitrogen and oxygen atoms in total. The van der Waals surface area contributed by atoms with E-state index in [1.54, 1.807) is 25.3 Å². The lowest BCUT2D eigenvalue weighted by Gasteiger charge is -2.31. The van der Waals surface area contributed by atoms with Gasteiger partial charge in [-0.1, -0.05) is 42.5 Å². The summed E-state index contributed by atoms with van der Waals surface area (Å²) >= 11 is 0. The molecular formula is C32H42N4O5S. The fourth-order valence-corrected chi connectivity index (χ4v) is 6.69. The zero-order chi connectivity index (χ0) is 30.3. The molecule has 0 aliphatic carbocycles. The Labute approximate surface area is 249 Å². The molecule has 4 N–H and O–H groups in total. The van der Waals surface area contributed by atoms with Crippen LogP contribution in [0.4, 0.5) is 11.4 Å². The predicted molar refractivity (Wildman–Crippen MR) is 168 cm³/mol. The molecule has 0 spiro atoms. The number of hydrogen-bond donors (Lipinski definition) is 4. The van der Waals surface area contributed by atoms with Crippen LogP contribution in [0.25, 0.3) is 0 Å². The van der Waals surface area contributed by atoms with Crippen molar-refractivity contribution < 1.29 is 23.1 Å². The second kappa shape index (κ2) is 13.6. The Morgan fingerprint density at radius 2 is 1.83 bits per heavy atom. The molecule has 226 valence electrons. The van der Waals surface area contributed by atoms with Crippen LogP contribution in [0.5, 0.6) is 5.75 Å². The van der Waals surface area contributed by atoms with E-state index in [9.17, 15) is 18.3 Å². The van der Waals surface area contributed by atoms with Crippen LogP contribution < -0.4 is 25.0 Å². The molecule has 1 aliphatic rings. The van der Waals surface area contributed by atoms with Crippen LogP contribution in [0.3, 0.4) is 0 Å². The van der Waals surface area contributed by atoms with E-state index in [-0.39, 0.29) is 18.2 Å². The van der Waals surface area contributed by atoms with Gasteiger partial charge in [0.2, 0.25) is 10.0 Å². The van der Waals surface area contributed by atoms with Crippen molar-refractivity contribution >= 4 is 27.3 Å². The Morgan fingerprint density at radius 1 is 1.07 bits per heavy atom. The Bertz CT molecular complexity index is 1460. The van der Waals surface area contributed by atoms with Gasteiger partial charge in [-0.05, 0) is 75.1 Å². The molecule has 10 heteroatoms. The van der Waals surface area contributed by atoms with Crippen molar-refractivity contribution in [1.29, 1.82) is 0 Å². The highest BCUT2D eigenvalue weighted by atomic mass is 32.2. The zero-order valence-electron chi connectivity index (χ0n) is 24.8. The Kier molecular flexibility index (Phi) is 10.1. The van der Waals surface area contributed by atoms with Crippen LogP contribution in [0.1, 0.15) is 48.7 Å². The van der Waals surface area contributed by atoms with Gasteiger partial charge in [-0.3, -0.25) is 9.10 Å². The average molecular weight is 595 g/mol. The summed E-state index contributed by atoms with van der Waals surface area (Å²) in [7, 11) is -1.80. The summed E-state index contributed by atoms with van der Waals surface area (Å²) < 4.78 is 32.0. The lowest BCUT2D eigenvalue weighted by Crippen LogP contribution is -2.51. The SMILES string of the molecule is CCNc1cc(C(=O)N[C@@H](Cc2ccccc2)[C@H](O)CNC(C)(C)c2cccc(OC)c2)cc(N2CCCS2(=O)=O)c1. The predicted octanol–water partition coefficient (Wildman–Crippen LogP) is 3.89. The van der Waals surface area contributed by atoms with Crippen molar-refractivity contribution in [2.24, 2.45) is 0 Å². The molecule has 0 radical (unpaired) electrons. The van der Waals surface area contributed by atoms with E-state index >= 15 is 0 Å². The molecule has 42 heavy (non-hydrogen) atoms. The molecule has 1 fully saturated rings. The first-order valence-corrected chi connectivity index (χ1v) is 15.9. The minimum Gasteiger partial charge on any atom is -0.497 e. The number of nitrogens with zero attached hydrogens (tertiary/aromatic N) is 1. The van der Waals surface area contributed by atoms with Gasteiger partial charge in [0, 0.05) is 36.4 Å². The summed E-state index contributed by atoms with van der Waals surface area (Å²) in [6, 6.07) is 21.9. The molecule has 3 aromatic rings. The number of ether oxygens (including phenoxy) is 1. The van der Waals surface area contributed by atoms with E-state index in [4.69, 9.17) is 4.74 Å². The molecule has 0 bridgehead atoms. The number of carbonyl (C=O) groups is 1. The highest BCUT2D eigenvalue weighted by Gasteiger charge is 2.30. The van der Waals surface area contributed by atoms with Crippen LogP contribution in [-0.4, -0.2) is 64.1 Å². The maximum absolute atomic E-state index is 13.7. The first-order chi connectivity index (χ1) is 20.0. The summed E-state index contributed by atoms with van der Waals surface area (Å²) in [4.78, 5) is 13.7. The largest absolute Gasteiger partial charge is 0.497 e. The third-order valence-electron chi connectivity index (χ3n) is 7.57. The minimum absolute atomic E-state index is 0.0877. The number of nitrogens with one attached hydrogen (secondary N) is 3. The molecule has 0 aromatic heterocycles. The van der Waals surface area contributed by atoms with Gasteiger partial charge in [-0.25, -0.2) is 8.42 Å². The summed E-state index contributed by atoms with van der Waals surface area (Å²) in [5.74, 6) is 0.447. The van der Waals surface area contributed by atoms with Crippen molar-refractivity contribution in [3.63, 3.8) is 0 Å². The number of aliphatic hydroxyl groups is 1. The van der Waals surface area contributed by atoms with Gasteiger partial charge in [-0.15, -0.1) is 0 Å². The van der Waals surface area contributed by atoms with Crippen LogP contribution in [-0.2, 0) is 22.0 Å². The van der Waals surface area contributed by atoms with Crippen LogP contribution in [0.15, 0.2) is 72.8 Å². The molecule has 0 saturated carbocycles. The molecular weight excluding hydrogens is 552 g/mol. The number of sulfonamides is 1. The number of anilines is 2. The molecule has 1 saturated heterocycles. The highest BCUT2D eigenvalue weighted by Crippen LogP contribution is 2.29. The van der Waals surface area contributed by atoms with E-state index in [1.807, 2.05) is 75.4 Å². The third kappa shape index (κ3) is 7.81. The molecule has 3 aromatic carbocycles. The van der Waals surface area contributed by atoms with Crippen molar-refractivity contribution in [2.75, 3.05) is 42.1 Å². The molecule has 1 aliphatic heterocycles. The quantitative estimate of drug-likeness (QED) is 0.237. The van der Waals surface area contributed by atoms with Gasteiger partial charge in [0.25, 0.3) is 5.91 Å². The number of methoxy groups -OCH3 is 1. The zero-order valence-corrected chi connectivity index (χ0v) is 25.6. The van der Waals surface area contributed by atoms with E-state index in [1.165, 1.54) is 4.31 Å². The first-order valence-electron chi connectivity index (χ1n) is 14.3. The number of amides is 1. The second-order valence-electron chi connectivity index (χ2n) is 11.1. The van der Waals surface area contributed by atoms with Crippen molar-refractivity contribution in [1.82, 2.24) is 10.6 Å². The summed E-state index contributed by atoms with van der Waals surface area (Å²) in [5.41, 5.74) is 2.93. The second-order valence-corrected chi connectivity index (χ2v) is 13.1. The monoisotopic (exact) mass is 594 g/mol. The van der Waals surface area contributed by atoms with Gasteiger partial charge >= 0.3 is 0 Å². The smallest absolute Gasteiger partial charge is 0.251 e. The number of rotatable bonds is 13. The molecule has 0 unspecified atom stereocenters. The topological polar surface area (TPSA) is 120 Å². The van der Waals surface area contributed by atoms with Gasteiger partial charge < -0.3 is 25.8 Å². The van der Waals surface area contributed by atoms with Crippen molar-refractivity contribution in [2.45, 2.75) is 51.3 Å². The average Bonchev–Trinajstić information content (AvgIpc) is 3.34. The van der Waals surface area contributed by atoms with Gasteiger partial charge in [0.05, 0.1) is 30.7 Å². The lowest BCUT2D eigenvalue weighted by molar-refractivity contribution is 0.0814. The van der Waals surface area contributed by atoms with E-state index in [0.717, 1.165) is 16.9 Å². The number of hydrogen-bond acceptors (Lipinski definition) is 7. The summed E-state index contributed by atoms with van der Waals surface area (Å²) in [6.07, 6.45) is 0.0316. The number of carbonyl (C=O) groups excluding carboxylic acids is 1. The van der Waals surface area contributed by atoms with Crippen molar-refractivity contribution in [3.05, 3.63) is 89.5 Å². The van der Waals surface area contributed by atoms with Crippen LogP contribution >= 0.6 is 0 Å². The number of aliphatic hydroxyl groups excluding tert-OH is 1. The molecule has 1 amide bonds. The fourth-order valence-electron chi connectivity index (χ4n) is 5.14. The first kappa shape index (κ1) is 31.3. The van der Waals surface area contributed by atoms with Gasteiger partial charge in [0.15, 0.2) is 0 Å². The summed E-state index contributed by atoms with van der Waals surface area (Å²) in [5, 5.41) is 21.1. The van der Waals surface area contributed by atoms with E-state index in [0.29, 0.717) is 42.9 Å². The Hall–Kier alpha value is -3.60. The van der Waals surface area contributed by atoms with Gasteiger partial charge in [0.1, 0.15) is 5.75 Å². The Morgan fingerprint density at radius 3 is 2.50 bits per heavy atom. The van der Waals surface area contributed by atoms with Crippen molar-refractivity contribution in [3.8, 4) is 5.75 Å². The fraction of sp³-hybridized carbons (Fsp3) is 0.406. The molecule has 1 heterocycles. The van der Waals surface area contributed by atoms with Crippen LogP contribution in [0, 0.1) is 0 Å². The maximum atomic E-state index is 13.7. The summed E-state index contributed by atoms with van der Waals surface area (Å²) in [6.45, 7) is 7.20. The molecule has 4 rings (SSSR count). The van der Waals surface area contributed by atoms with E-state index < -0.39 is 27.7 Å². The Balaban J connectivity index is 1.56. The number of benzene rings is 3. The normalized spacial score (nSPS) is 16.1. The van der Waals surface area contributed by atoms with Crippen LogP contribution in [0.2, 0.25) is 0 Å².